The molecule has 30 heavy (non-hydrogen) atoms. The lowest BCUT2D eigenvalue weighted by atomic mass is 10.1. The minimum Gasteiger partial charge on any atom is -0.383 e. The van der Waals surface area contributed by atoms with Crippen LogP contribution in [0.4, 0.5) is 0 Å². The third kappa shape index (κ3) is 4.20. The second kappa shape index (κ2) is 9.32. The fraction of sp³-hybridized carbons (Fsp3) is 0.318. The highest BCUT2D eigenvalue weighted by molar-refractivity contribution is 7.98. The number of hydrogen-bond donors (Lipinski definition) is 1. The number of aromatic nitrogens is 4. The molecule has 4 rings (SSSR count). The topological polar surface area (TPSA) is 73.4 Å². The third-order valence-corrected chi connectivity index (χ3v) is 5.78. The molecule has 0 bridgehead atoms. The molecule has 7 nitrogen and oxygen atoms in total. The third-order valence-electron chi connectivity index (χ3n) is 5.14. The van der Waals surface area contributed by atoms with Crippen LogP contribution < -0.4 is 5.32 Å². The van der Waals surface area contributed by atoms with E-state index in [0.717, 1.165) is 41.1 Å². The first-order valence-electron chi connectivity index (χ1n) is 9.88. The lowest BCUT2D eigenvalue weighted by Gasteiger charge is -2.17. The lowest BCUT2D eigenvalue weighted by Crippen LogP contribution is -2.30. The zero-order valence-electron chi connectivity index (χ0n) is 17.1. The summed E-state index contributed by atoms with van der Waals surface area (Å²) >= 11 is 1.74. The summed E-state index contributed by atoms with van der Waals surface area (Å²) in [5, 5.41) is 12.9. The number of methoxy groups -OCH3 is 1. The first-order chi connectivity index (χ1) is 14.7. The normalized spacial score (nSPS) is 12.5. The van der Waals surface area contributed by atoms with Crippen molar-refractivity contribution in [1.82, 2.24) is 24.5 Å². The standard InChI is InChI=1S/C22H25N5O2S/c1-29-13-12-26-11-8-16-6-7-17(15-19(16)26)22(28)23-18(9-14-30-2)21-25-24-20-5-3-4-10-27(20)21/h3-8,10-11,15,18H,9,12-14H2,1-2H3,(H,23,28)/t18-/m0/s1. The minimum absolute atomic E-state index is 0.116. The number of amides is 1. The maximum absolute atomic E-state index is 13.1. The Balaban J connectivity index is 1.60. The average molecular weight is 424 g/mol. The largest absolute Gasteiger partial charge is 0.383 e. The Hall–Kier alpha value is -2.84. The van der Waals surface area contributed by atoms with Gasteiger partial charge in [0.15, 0.2) is 11.5 Å². The number of rotatable bonds is 9. The smallest absolute Gasteiger partial charge is 0.251 e. The van der Waals surface area contributed by atoms with Crippen molar-refractivity contribution in [3.05, 3.63) is 66.2 Å². The van der Waals surface area contributed by atoms with Crippen molar-refractivity contribution in [1.29, 1.82) is 0 Å². The van der Waals surface area contributed by atoms with Crippen LogP contribution in [0.15, 0.2) is 54.9 Å². The van der Waals surface area contributed by atoms with Gasteiger partial charge in [-0.1, -0.05) is 12.1 Å². The fourth-order valence-electron chi connectivity index (χ4n) is 3.55. The van der Waals surface area contributed by atoms with Gasteiger partial charge >= 0.3 is 0 Å². The summed E-state index contributed by atoms with van der Waals surface area (Å²) in [6.45, 7) is 1.37. The number of thioether (sulfide) groups is 1. The highest BCUT2D eigenvalue weighted by Gasteiger charge is 2.21. The molecule has 0 spiro atoms. The van der Waals surface area contributed by atoms with Crippen molar-refractivity contribution >= 4 is 34.2 Å². The summed E-state index contributed by atoms with van der Waals surface area (Å²) in [6, 6.07) is 13.4. The summed E-state index contributed by atoms with van der Waals surface area (Å²) in [5.74, 6) is 1.54. The van der Waals surface area contributed by atoms with E-state index in [-0.39, 0.29) is 11.9 Å². The molecule has 0 aliphatic rings. The zero-order valence-corrected chi connectivity index (χ0v) is 17.9. The number of pyridine rings is 1. The van der Waals surface area contributed by atoms with Crippen LogP contribution in [0.1, 0.15) is 28.6 Å². The van der Waals surface area contributed by atoms with Crippen LogP contribution in [0.3, 0.4) is 0 Å². The first-order valence-corrected chi connectivity index (χ1v) is 11.3. The highest BCUT2D eigenvalue weighted by Crippen LogP contribution is 2.21. The second-order valence-corrected chi connectivity index (χ2v) is 8.06. The van der Waals surface area contributed by atoms with E-state index in [2.05, 4.69) is 32.4 Å². The number of benzene rings is 1. The Morgan fingerprint density at radius 2 is 2.10 bits per heavy atom. The Kier molecular flexibility index (Phi) is 6.35. The van der Waals surface area contributed by atoms with E-state index in [4.69, 9.17) is 4.74 Å². The molecule has 0 unspecified atom stereocenters. The molecule has 8 heteroatoms. The van der Waals surface area contributed by atoms with Crippen LogP contribution in [-0.4, -0.2) is 50.8 Å². The van der Waals surface area contributed by atoms with Crippen LogP contribution in [0, 0.1) is 0 Å². The summed E-state index contributed by atoms with van der Waals surface area (Å²) in [5.41, 5.74) is 2.42. The summed E-state index contributed by atoms with van der Waals surface area (Å²) < 4.78 is 9.23. The van der Waals surface area contributed by atoms with Gasteiger partial charge in [-0.25, -0.2) is 0 Å². The summed E-state index contributed by atoms with van der Waals surface area (Å²) in [7, 11) is 1.69. The SMILES string of the molecule is COCCn1ccc2ccc(C(=O)N[C@@H](CCSC)c3nnc4ccccn34)cc21. The number of carbonyl (C=O) groups is 1. The van der Waals surface area contributed by atoms with E-state index in [0.29, 0.717) is 12.2 Å². The van der Waals surface area contributed by atoms with Crippen LogP contribution >= 0.6 is 11.8 Å². The zero-order chi connectivity index (χ0) is 20.9. The van der Waals surface area contributed by atoms with E-state index in [1.807, 2.05) is 53.2 Å². The Morgan fingerprint density at radius 1 is 1.20 bits per heavy atom. The molecule has 0 radical (unpaired) electrons. The molecule has 0 saturated heterocycles. The molecule has 1 N–H and O–H groups in total. The van der Waals surface area contributed by atoms with E-state index < -0.39 is 0 Å². The number of ether oxygens (including phenoxy) is 1. The number of nitrogens with one attached hydrogen (secondary N) is 1. The number of carbonyl (C=O) groups excluding carboxylic acids is 1. The molecular weight excluding hydrogens is 398 g/mol. The first kappa shape index (κ1) is 20.4. The molecule has 3 aromatic heterocycles. The Morgan fingerprint density at radius 3 is 2.93 bits per heavy atom. The molecule has 0 aliphatic carbocycles. The van der Waals surface area contributed by atoms with Crippen molar-refractivity contribution < 1.29 is 9.53 Å². The maximum atomic E-state index is 13.1. The summed E-state index contributed by atoms with van der Waals surface area (Å²) in [4.78, 5) is 13.1. The molecular formula is C22H25N5O2S. The highest BCUT2D eigenvalue weighted by atomic mass is 32.2. The average Bonchev–Trinajstić information content (AvgIpc) is 3.38. The number of nitrogens with zero attached hydrogens (tertiary/aromatic N) is 4. The monoisotopic (exact) mass is 423 g/mol. The van der Waals surface area contributed by atoms with Crippen molar-refractivity contribution in [2.45, 2.75) is 19.0 Å². The van der Waals surface area contributed by atoms with E-state index in [1.54, 1.807) is 18.9 Å². The fourth-order valence-corrected chi connectivity index (χ4v) is 4.02. The maximum Gasteiger partial charge on any atom is 0.251 e. The van der Waals surface area contributed by atoms with Crippen molar-refractivity contribution in [3.63, 3.8) is 0 Å². The van der Waals surface area contributed by atoms with Crippen LogP contribution in [-0.2, 0) is 11.3 Å². The quantitative estimate of drug-likeness (QED) is 0.446. The van der Waals surface area contributed by atoms with Gasteiger partial charge in [-0.3, -0.25) is 9.20 Å². The van der Waals surface area contributed by atoms with Crippen molar-refractivity contribution in [3.8, 4) is 0 Å². The van der Waals surface area contributed by atoms with Gasteiger partial charge in [0.25, 0.3) is 5.91 Å². The van der Waals surface area contributed by atoms with Gasteiger partial charge in [0.2, 0.25) is 0 Å². The van der Waals surface area contributed by atoms with Crippen LogP contribution in [0.5, 0.6) is 0 Å². The predicted molar refractivity (Wildman–Crippen MR) is 120 cm³/mol. The molecule has 0 aliphatic heterocycles. The molecule has 1 aromatic carbocycles. The van der Waals surface area contributed by atoms with Crippen molar-refractivity contribution in [2.24, 2.45) is 0 Å². The Bertz CT molecular complexity index is 1150. The van der Waals surface area contributed by atoms with Gasteiger partial charge in [0, 0.05) is 37.1 Å². The van der Waals surface area contributed by atoms with Gasteiger partial charge in [0.1, 0.15) is 0 Å². The van der Waals surface area contributed by atoms with Gasteiger partial charge in [-0.05, 0) is 54.1 Å². The van der Waals surface area contributed by atoms with Crippen LogP contribution in [0.2, 0.25) is 0 Å². The van der Waals surface area contributed by atoms with Gasteiger partial charge in [0.05, 0.1) is 12.6 Å². The molecule has 3 heterocycles. The van der Waals surface area contributed by atoms with Gasteiger partial charge in [-0.2, -0.15) is 11.8 Å². The minimum atomic E-state index is -0.224. The molecule has 1 amide bonds. The molecule has 1 atom stereocenters. The van der Waals surface area contributed by atoms with Gasteiger partial charge in [-0.15, -0.1) is 10.2 Å². The van der Waals surface area contributed by atoms with Crippen LogP contribution in [0.25, 0.3) is 16.6 Å². The second-order valence-electron chi connectivity index (χ2n) is 7.07. The van der Waals surface area contributed by atoms with E-state index in [9.17, 15) is 4.79 Å². The van der Waals surface area contributed by atoms with Gasteiger partial charge < -0.3 is 14.6 Å². The number of hydrogen-bond acceptors (Lipinski definition) is 5. The molecule has 4 aromatic rings. The number of fused-ring (bicyclic) bond motifs is 2. The molecule has 156 valence electrons. The van der Waals surface area contributed by atoms with Crippen molar-refractivity contribution in [2.75, 3.05) is 25.7 Å². The van der Waals surface area contributed by atoms with E-state index >= 15 is 0 Å². The molecule has 0 fully saturated rings. The Labute approximate surface area is 179 Å². The van der Waals surface area contributed by atoms with E-state index in [1.165, 1.54) is 0 Å². The molecule has 0 saturated carbocycles. The summed E-state index contributed by atoms with van der Waals surface area (Å²) in [6.07, 6.45) is 6.78. The lowest BCUT2D eigenvalue weighted by molar-refractivity contribution is 0.0934. The predicted octanol–water partition coefficient (Wildman–Crippen LogP) is 3.55.